The maximum absolute atomic E-state index is 14.0. The molecule has 2 atom stereocenters. The number of rotatable bonds is 4. The van der Waals surface area contributed by atoms with Gasteiger partial charge in [-0.25, -0.2) is 8.78 Å². The second-order valence-electron chi connectivity index (χ2n) is 7.41. The van der Waals surface area contributed by atoms with Crippen LogP contribution in [-0.2, 0) is 0 Å². The van der Waals surface area contributed by atoms with E-state index in [0.717, 1.165) is 55.8 Å². The van der Waals surface area contributed by atoms with E-state index in [0.29, 0.717) is 6.42 Å². The van der Waals surface area contributed by atoms with Crippen molar-refractivity contribution in [3.8, 4) is 6.07 Å². The summed E-state index contributed by atoms with van der Waals surface area (Å²) in [6.45, 7) is 4.52. The highest BCUT2D eigenvalue weighted by Crippen LogP contribution is 2.47. The topological polar surface area (TPSA) is 30.3 Å². The van der Waals surface area contributed by atoms with Crippen molar-refractivity contribution >= 4 is 24.8 Å². The van der Waals surface area contributed by atoms with E-state index in [9.17, 15) is 8.78 Å². The van der Waals surface area contributed by atoms with E-state index in [4.69, 9.17) is 5.26 Å². The molecule has 2 aromatic carbocycles. The molecule has 0 spiro atoms. The molecule has 0 bridgehead atoms. The SMILES string of the molecule is Cl.Cl.N#CCCN1CCN(C2CC(c3ccc(F)cc3)c3ccc(F)cc32)CC1. The summed E-state index contributed by atoms with van der Waals surface area (Å²) in [6, 6.07) is 14.2. The number of fused-ring (bicyclic) bond motifs is 1. The number of nitriles is 1. The minimum atomic E-state index is -0.235. The maximum atomic E-state index is 14.0. The Balaban J connectivity index is 0.00000150. The second-order valence-corrected chi connectivity index (χ2v) is 7.41. The average Bonchev–Trinajstić information content (AvgIpc) is 3.06. The molecule has 0 radical (unpaired) electrons. The van der Waals surface area contributed by atoms with E-state index >= 15 is 0 Å². The first-order valence-electron chi connectivity index (χ1n) is 9.54. The molecule has 3 nitrogen and oxygen atoms in total. The molecular formula is C22H25Cl2F2N3. The zero-order valence-electron chi connectivity index (χ0n) is 16.1. The van der Waals surface area contributed by atoms with Gasteiger partial charge < -0.3 is 0 Å². The van der Waals surface area contributed by atoms with E-state index in [-0.39, 0.29) is 48.4 Å². The lowest BCUT2D eigenvalue weighted by Crippen LogP contribution is -2.47. The molecule has 1 saturated heterocycles. The van der Waals surface area contributed by atoms with Crippen molar-refractivity contribution in [1.82, 2.24) is 9.80 Å². The Hall–Kier alpha value is -1.71. The number of piperazine rings is 1. The molecule has 1 fully saturated rings. The van der Waals surface area contributed by atoms with Crippen LogP contribution in [0.2, 0.25) is 0 Å². The van der Waals surface area contributed by atoms with Gasteiger partial charge >= 0.3 is 0 Å². The first-order chi connectivity index (χ1) is 13.2. The Kier molecular flexibility index (Phi) is 8.42. The molecule has 29 heavy (non-hydrogen) atoms. The van der Waals surface area contributed by atoms with Crippen LogP contribution in [0.5, 0.6) is 0 Å². The molecule has 1 heterocycles. The summed E-state index contributed by atoms with van der Waals surface area (Å²) in [5, 5.41) is 8.77. The summed E-state index contributed by atoms with van der Waals surface area (Å²) in [5.41, 5.74) is 3.30. The Labute approximate surface area is 183 Å². The van der Waals surface area contributed by atoms with Crippen LogP contribution in [-0.4, -0.2) is 42.5 Å². The molecule has 2 aliphatic rings. The quantitative estimate of drug-likeness (QED) is 0.677. The van der Waals surface area contributed by atoms with Crippen LogP contribution < -0.4 is 0 Å². The fraction of sp³-hybridized carbons (Fsp3) is 0.409. The standard InChI is InChI=1S/C22H23F2N3.2ClH/c23-17-4-2-16(3-5-17)20-15-22(21-14-18(24)6-7-19(20)21)27-12-10-26(11-13-27)9-1-8-25;;/h2-7,14,20,22H,1,9-13,15H2;2*1H. The Morgan fingerprint density at radius 2 is 1.55 bits per heavy atom. The van der Waals surface area contributed by atoms with Gasteiger partial charge in [-0.2, -0.15) is 5.26 Å². The molecule has 0 amide bonds. The zero-order chi connectivity index (χ0) is 18.8. The number of halogens is 4. The summed E-state index contributed by atoms with van der Waals surface area (Å²) >= 11 is 0. The molecule has 2 aromatic rings. The van der Waals surface area contributed by atoms with Crippen molar-refractivity contribution in [2.75, 3.05) is 32.7 Å². The van der Waals surface area contributed by atoms with Crippen molar-refractivity contribution < 1.29 is 8.78 Å². The fourth-order valence-corrected chi connectivity index (χ4v) is 4.49. The van der Waals surface area contributed by atoms with Crippen LogP contribution >= 0.6 is 24.8 Å². The Bertz CT molecular complexity index is 846. The summed E-state index contributed by atoms with van der Waals surface area (Å²) < 4.78 is 27.3. The average molecular weight is 440 g/mol. The van der Waals surface area contributed by atoms with Gasteiger partial charge in [0.1, 0.15) is 11.6 Å². The fourth-order valence-electron chi connectivity index (χ4n) is 4.49. The van der Waals surface area contributed by atoms with E-state index in [1.807, 2.05) is 18.2 Å². The lowest BCUT2D eigenvalue weighted by Gasteiger charge is -2.38. The highest BCUT2D eigenvalue weighted by molar-refractivity contribution is 5.85. The van der Waals surface area contributed by atoms with Crippen LogP contribution in [0, 0.1) is 23.0 Å². The predicted octanol–water partition coefficient (Wildman–Crippen LogP) is 4.92. The van der Waals surface area contributed by atoms with Crippen molar-refractivity contribution in [1.29, 1.82) is 5.26 Å². The van der Waals surface area contributed by atoms with Crippen LogP contribution in [0.1, 0.15) is 41.5 Å². The van der Waals surface area contributed by atoms with Gasteiger partial charge in [-0.1, -0.05) is 18.2 Å². The number of hydrogen-bond donors (Lipinski definition) is 0. The first kappa shape index (κ1) is 23.6. The number of hydrogen-bond acceptors (Lipinski definition) is 3. The van der Waals surface area contributed by atoms with Gasteiger partial charge in [-0.15, -0.1) is 24.8 Å². The number of nitrogens with zero attached hydrogens (tertiary/aromatic N) is 3. The molecular weight excluding hydrogens is 415 g/mol. The highest BCUT2D eigenvalue weighted by atomic mass is 35.5. The lowest BCUT2D eigenvalue weighted by molar-refractivity contribution is 0.0961. The molecule has 4 rings (SSSR count). The minimum absolute atomic E-state index is 0. The molecule has 0 N–H and O–H groups in total. The normalized spacial score (nSPS) is 21.6. The van der Waals surface area contributed by atoms with Gasteiger partial charge in [0.15, 0.2) is 0 Å². The Morgan fingerprint density at radius 1 is 0.897 bits per heavy atom. The minimum Gasteiger partial charge on any atom is -0.300 e. The molecule has 156 valence electrons. The molecule has 1 aliphatic heterocycles. The van der Waals surface area contributed by atoms with Gasteiger partial charge in [-0.05, 0) is 47.4 Å². The first-order valence-corrected chi connectivity index (χ1v) is 9.54. The highest BCUT2D eigenvalue weighted by Gasteiger charge is 2.36. The van der Waals surface area contributed by atoms with Crippen molar-refractivity contribution in [3.05, 3.63) is 70.8 Å². The third kappa shape index (κ3) is 5.07. The summed E-state index contributed by atoms with van der Waals surface area (Å²) in [5.74, 6) is -0.268. The maximum Gasteiger partial charge on any atom is 0.123 e. The smallest absolute Gasteiger partial charge is 0.123 e. The molecule has 0 aromatic heterocycles. The van der Waals surface area contributed by atoms with Gasteiger partial charge in [0.25, 0.3) is 0 Å². The van der Waals surface area contributed by atoms with Crippen LogP contribution in [0.25, 0.3) is 0 Å². The van der Waals surface area contributed by atoms with Crippen LogP contribution in [0.3, 0.4) is 0 Å². The van der Waals surface area contributed by atoms with Crippen LogP contribution in [0.15, 0.2) is 42.5 Å². The summed E-state index contributed by atoms with van der Waals surface area (Å²) in [6.07, 6.45) is 1.45. The predicted molar refractivity (Wildman–Crippen MR) is 115 cm³/mol. The zero-order valence-corrected chi connectivity index (χ0v) is 17.7. The third-order valence-electron chi connectivity index (χ3n) is 5.90. The van der Waals surface area contributed by atoms with Crippen LogP contribution in [0.4, 0.5) is 8.78 Å². The van der Waals surface area contributed by atoms with E-state index in [2.05, 4.69) is 15.9 Å². The van der Waals surface area contributed by atoms with Gasteiger partial charge in [-0.3, -0.25) is 9.80 Å². The number of benzene rings is 2. The monoisotopic (exact) mass is 439 g/mol. The third-order valence-corrected chi connectivity index (χ3v) is 5.90. The lowest BCUT2D eigenvalue weighted by atomic mass is 9.93. The summed E-state index contributed by atoms with van der Waals surface area (Å²) in [7, 11) is 0. The van der Waals surface area contributed by atoms with E-state index < -0.39 is 0 Å². The van der Waals surface area contributed by atoms with Crippen molar-refractivity contribution in [3.63, 3.8) is 0 Å². The van der Waals surface area contributed by atoms with Gasteiger partial charge in [0, 0.05) is 51.1 Å². The van der Waals surface area contributed by atoms with E-state index in [1.165, 1.54) is 18.2 Å². The van der Waals surface area contributed by atoms with Gasteiger partial charge in [0.05, 0.1) is 6.07 Å². The van der Waals surface area contributed by atoms with Gasteiger partial charge in [0.2, 0.25) is 0 Å². The largest absolute Gasteiger partial charge is 0.300 e. The molecule has 0 saturated carbocycles. The van der Waals surface area contributed by atoms with Crippen molar-refractivity contribution in [2.24, 2.45) is 0 Å². The molecule has 7 heteroatoms. The molecule has 2 unspecified atom stereocenters. The van der Waals surface area contributed by atoms with E-state index in [1.54, 1.807) is 6.07 Å². The summed E-state index contributed by atoms with van der Waals surface area (Å²) in [4.78, 5) is 4.75. The van der Waals surface area contributed by atoms with Crippen molar-refractivity contribution in [2.45, 2.75) is 24.8 Å². The Morgan fingerprint density at radius 3 is 2.21 bits per heavy atom. The molecule has 1 aliphatic carbocycles. The second kappa shape index (κ2) is 10.4.